The minimum Gasteiger partial charge on any atom is -0.378 e. The number of carbonyl (C=O) groups is 1. The van der Waals surface area contributed by atoms with Gasteiger partial charge in [0.25, 0.3) is 5.91 Å². The summed E-state index contributed by atoms with van der Waals surface area (Å²) in [6.45, 7) is 1.51. The number of aryl methyl sites for hydroxylation is 1. The molecule has 1 atom stereocenters. The number of amides is 1. The van der Waals surface area contributed by atoms with Crippen LogP contribution in [0.25, 0.3) is 12.2 Å². The fourth-order valence-corrected chi connectivity index (χ4v) is 4.67. The highest BCUT2D eigenvalue weighted by molar-refractivity contribution is 5.94. The van der Waals surface area contributed by atoms with Crippen LogP contribution in [0.5, 0.6) is 0 Å². The van der Waals surface area contributed by atoms with E-state index in [1.807, 2.05) is 26.2 Å². The summed E-state index contributed by atoms with van der Waals surface area (Å²) < 4.78 is 2.16. The monoisotopic (exact) mass is 506 g/mol. The van der Waals surface area contributed by atoms with Crippen molar-refractivity contribution in [1.82, 2.24) is 5.32 Å². The molecule has 1 heterocycles. The van der Waals surface area contributed by atoms with Crippen LogP contribution in [0.3, 0.4) is 0 Å². The van der Waals surface area contributed by atoms with E-state index in [1.54, 1.807) is 0 Å². The molecule has 4 nitrogen and oxygen atoms in total. The van der Waals surface area contributed by atoms with Gasteiger partial charge in [0.2, 0.25) is 0 Å². The van der Waals surface area contributed by atoms with Crippen LogP contribution in [0.4, 0.5) is 5.69 Å². The second-order valence-electron chi connectivity index (χ2n) is 10.3. The maximum Gasteiger partial charge on any atom is 0.251 e. The van der Waals surface area contributed by atoms with E-state index in [4.69, 9.17) is 0 Å². The number of rotatable bonds is 10. The quantitative estimate of drug-likeness (QED) is 0.203. The predicted octanol–water partition coefficient (Wildman–Crippen LogP) is 6.16. The van der Waals surface area contributed by atoms with E-state index in [1.165, 1.54) is 42.5 Å². The largest absolute Gasteiger partial charge is 0.378 e. The lowest BCUT2D eigenvalue weighted by Crippen LogP contribution is -2.35. The first-order valence-corrected chi connectivity index (χ1v) is 13.9. The summed E-state index contributed by atoms with van der Waals surface area (Å²) in [6.07, 6.45) is 16.3. The molecule has 4 heteroatoms. The Labute approximate surface area is 228 Å². The number of benzene rings is 2. The lowest BCUT2D eigenvalue weighted by molar-refractivity contribution is -0.697. The molecule has 0 fully saturated rings. The van der Waals surface area contributed by atoms with Crippen molar-refractivity contribution in [2.75, 3.05) is 25.5 Å². The Bertz CT molecular complexity index is 1250. The lowest BCUT2D eigenvalue weighted by Gasteiger charge is -2.13. The van der Waals surface area contributed by atoms with Gasteiger partial charge in [-0.15, -0.1) is 5.92 Å². The molecule has 0 spiro atoms. The maximum atomic E-state index is 12.6. The van der Waals surface area contributed by atoms with Crippen molar-refractivity contribution in [2.45, 2.75) is 51.5 Å². The average Bonchev–Trinajstić information content (AvgIpc) is 2.92. The number of anilines is 1. The average molecular weight is 507 g/mol. The fraction of sp³-hybridized carbons (Fsp3) is 0.353. The van der Waals surface area contributed by atoms with E-state index in [-0.39, 0.29) is 5.91 Å². The molecule has 196 valence electrons. The Kier molecular flexibility index (Phi) is 10.2. The number of aromatic nitrogens is 1. The van der Waals surface area contributed by atoms with Crippen LogP contribution in [-0.4, -0.2) is 26.5 Å². The van der Waals surface area contributed by atoms with Gasteiger partial charge in [0.15, 0.2) is 12.4 Å². The Balaban J connectivity index is 1.18. The van der Waals surface area contributed by atoms with Crippen LogP contribution in [-0.2, 0) is 13.0 Å². The van der Waals surface area contributed by atoms with Crippen molar-refractivity contribution in [3.05, 3.63) is 95.3 Å². The summed E-state index contributed by atoms with van der Waals surface area (Å²) in [4.78, 5) is 14.7. The third-order valence-electron chi connectivity index (χ3n) is 7.03. The fourth-order valence-electron chi connectivity index (χ4n) is 4.67. The first kappa shape index (κ1) is 27.2. The normalized spacial score (nSPS) is 15.3. The highest BCUT2D eigenvalue weighted by Gasteiger charge is 2.10. The highest BCUT2D eigenvalue weighted by Crippen LogP contribution is 2.19. The Hall–Kier alpha value is -3.84. The van der Waals surface area contributed by atoms with Crippen LogP contribution in [0, 0.1) is 17.8 Å². The van der Waals surface area contributed by atoms with Crippen molar-refractivity contribution < 1.29 is 9.36 Å². The van der Waals surface area contributed by atoms with Crippen molar-refractivity contribution in [2.24, 2.45) is 5.92 Å². The Morgan fingerprint density at radius 3 is 2.37 bits per heavy atom. The van der Waals surface area contributed by atoms with Gasteiger partial charge in [-0.05, 0) is 60.2 Å². The zero-order valence-electron chi connectivity index (χ0n) is 22.8. The van der Waals surface area contributed by atoms with Crippen molar-refractivity contribution in [3.63, 3.8) is 0 Å². The van der Waals surface area contributed by atoms with Gasteiger partial charge >= 0.3 is 0 Å². The molecule has 0 radical (unpaired) electrons. The molecular formula is C34H40N3O+. The molecule has 1 N–H and O–H groups in total. The van der Waals surface area contributed by atoms with E-state index in [9.17, 15) is 4.79 Å². The molecule has 0 saturated heterocycles. The van der Waals surface area contributed by atoms with Gasteiger partial charge in [-0.1, -0.05) is 55.2 Å². The number of carbonyl (C=O) groups excluding carboxylic acids is 1. The number of nitrogens with one attached hydrogen (secondary N) is 1. The molecule has 3 aromatic rings. The van der Waals surface area contributed by atoms with E-state index in [0.29, 0.717) is 12.5 Å². The minimum atomic E-state index is -0.00797. The van der Waals surface area contributed by atoms with Crippen LogP contribution in [0.1, 0.15) is 65.6 Å². The topological polar surface area (TPSA) is 36.2 Å². The maximum absolute atomic E-state index is 12.6. The molecule has 1 aromatic heterocycles. The molecule has 0 saturated carbocycles. The highest BCUT2D eigenvalue weighted by atomic mass is 16.1. The first-order valence-electron chi connectivity index (χ1n) is 13.9. The van der Waals surface area contributed by atoms with Crippen LogP contribution in [0.2, 0.25) is 0 Å². The summed E-state index contributed by atoms with van der Waals surface area (Å²) in [7, 11) is 4.10. The molecule has 0 bridgehead atoms. The van der Waals surface area contributed by atoms with Gasteiger partial charge in [0, 0.05) is 62.8 Å². The smallest absolute Gasteiger partial charge is 0.251 e. The zero-order chi connectivity index (χ0) is 26.6. The standard InChI is InChI=1S/C34H39N3O/c1-36(2)33-19-15-28(16-20-33)11-12-29-21-25-37(26-22-29)24-8-23-35-34(38)32-17-13-31(14-18-32)27-30-9-6-4-3-5-7-10-30/h11-22,25-26,30H,3-6,8-9,23-24,27H2,1-2H3/p+1. The van der Waals surface area contributed by atoms with Crippen molar-refractivity contribution >= 4 is 23.7 Å². The van der Waals surface area contributed by atoms with Gasteiger partial charge in [-0.3, -0.25) is 4.79 Å². The third-order valence-corrected chi connectivity index (χ3v) is 7.03. The second kappa shape index (κ2) is 14.2. The van der Waals surface area contributed by atoms with Crippen molar-refractivity contribution in [3.8, 4) is 11.8 Å². The SMILES string of the molecule is CN(C)c1ccc(/C=C/c2cc[n+](CCCNC(=O)c3ccc(CC4C#CCCCCC4)cc3)cc2)cc1. The molecule has 1 unspecified atom stereocenters. The molecule has 4 rings (SSSR count). The molecule has 38 heavy (non-hydrogen) atoms. The summed E-state index contributed by atoms with van der Waals surface area (Å²) in [5, 5.41) is 3.06. The Morgan fingerprint density at radius 2 is 1.66 bits per heavy atom. The zero-order valence-corrected chi connectivity index (χ0v) is 22.8. The Morgan fingerprint density at radius 1 is 0.947 bits per heavy atom. The van der Waals surface area contributed by atoms with Gasteiger partial charge < -0.3 is 10.2 Å². The van der Waals surface area contributed by atoms with Gasteiger partial charge in [0.1, 0.15) is 6.54 Å². The summed E-state index contributed by atoms with van der Waals surface area (Å²) in [5.41, 5.74) is 5.53. The minimum absolute atomic E-state index is 0.00797. The second-order valence-corrected chi connectivity index (χ2v) is 10.3. The molecule has 1 aliphatic carbocycles. The van der Waals surface area contributed by atoms with Gasteiger partial charge in [0.05, 0.1) is 0 Å². The number of hydrogen-bond donors (Lipinski definition) is 1. The number of hydrogen-bond acceptors (Lipinski definition) is 2. The molecule has 1 aliphatic rings. The van der Waals surface area contributed by atoms with Gasteiger partial charge in [-0.2, -0.15) is 0 Å². The summed E-state index contributed by atoms with van der Waals surface area (Å²) >= 11 is 0. The van der Waals surface area contributed by atoms with E-state index in [0.717, 1.165) is 36.9 Å². The van der Waals surface area contributed by atoms with Crippen LogP contribution >= 0.6 is 0 Å². The van der Waals surface area contributed by atoms with E-state index < -0.39 is 0 Å². The lowest BCUT2D eigenvalue weighted by atomic mass is 9.92. The summed E-state index contributed by atoms with van der Waals surface area (Å²) in [6, 6.07) is 20.8. The number of pyridine rings is 1. The van der Waals surface area contributed by atoms with Crippen LogP contribution in [0.15, 0.2) is 73.1 Å². The molecule has 2 aromatic carbocycles. The van der Waals surface area contributed by atoms with E-state index in [2.05, 4.69) is 99.7 Å². The van der Waals surface area contributed by atoms with Gasteiger partial charge in [-0.25, -0.2) is 4.57 Å². The molecule has 1 amide bonds. The first-order chi connectivity index (χ1) is 18.6. The molecule has 0 aliphatic heterocycles. The number of nitrogens with zero attached hydrogens (tertiary/aromatic N) is 2. The molecular weight excluding hydrogens is 466 g/mol. The third kappa shape index (κ3) is 8.63. The van der Waals surface area contributed by atoms with Crippen molar-refractivity contribution in [1.29, 1.82) is 0 Å². The van der Waals surface area contributed by atoms with Crippen LogP contribution < -0.4 is 14.8 Å². The predicted molar refractivity (Wildman–Crippen MR) is 158 cm³/mol. The van der Waals surface area contributed by atoms with E-state index >= 15 is 0 Å². The summed E-state index contributed by atoms with van der Waals surface area (Å²) in [5.74, 6) is 7.20.